The summed E-state index contributed by atoms with van der Waals surface area (Å²) in [5.41, 5.74) is 10.8. The van der Waals surface area contributed by atoms with E-state index >= 15 is 0 Å². The molecule has 1 heterocycles. The minimum Gasteiger partial charge on any atom is -0.309 e. The number of benzene rings is 10. The van der Waals surface area contributed by atoms with Crippen molar-refractivity contribution in [2.45, 2.75) is 0 Å². The molecule has 1 nitrogen and oxygen atoms in total. The number of hydrogen-bond acceptors (Lipinski definition) is 2. The van der Waals surface area contributed by atoms with Crippen LogP contribution in [0.15, 0.2) is 212 Å². The Morgan fingerprint density at radius 1 is 0.304 bits per heavy atom. The molecule has 0 aliphatic rings. The molecule has 0 N–H and O–H groups in total. The Morgan fingerprint density at radius 3 is 1.66 bits per heavy atom. The number of fused-ring (bicyclic) bond motifs is 7. The lowest BCUT2D eigenvalue weighted by Crippen LogP contribution is -2.12. The standard InChI is InChI=1S/C54H35NS/c1-2-15-36(16-3-1)37-31-33-40(34-32-37)43-23-10-11-27-49(43)55(50-28-13-20-39-18-5-7-22-42(39)50)51-29-14-30-52-53(51)48-35-47(45-24-8-9-25-46(45)54(48)56-52)44-26-12-19-38-17-4-6-21-41(38)44/h1-35H. The maximum atomic E-state index is 2.52. The van der Waals surface area contributed by atoms with Gasteiger partial charge in [0.15, 0.2) is 0 Å². The zero-order valence-corrected chi connectivity index (χ0v) is 31.4. The van der Waals surface area contributed by atoms with Crippen molar-refractivity contribution in [3.8, 4) is 33.4 Å². The van der Waals surface area contributed by atoms with E-state index in [4.69, 9.17) is 0 Å². The Hall–Kier alpha value is -7.00. The van der Waals surface area contributed by atoms with E-state index in [2.05, 4.69) is 217 Å². The molecule has 56 heavy (non-hydrogen) atoms. The van der Waals surface area contributed by atoms with Crippen LogP contribution in [0, 0.1) is 0 Å². The van der Waals surface area contributed by atoms with Gasteiger partial charge in [-0.2, -0.15) is 0 Å². The molecule has 1 aromatic heterocycles. The minimum absolute atomic E-state index is 1.14. The number of hydrogen-bond donors (Lipinski definition) is 0. The number of nitrogens with zero attached hydrogens (tertiary/aromatic N) is 1. The van der Waals surface area contributed by atoms with E-state index in [1.165, 1.54) is 85.9 Å². The topological polar surface area (TPSA) is 3.24 Å². The molecule has 0 amide bonds. The van der Waals surface area contributed by atoms with Crippen LogP contribution in [0.3, 0.4) is 0 Å². The molecular formula is C54H35NS. The fraction of sp³-hybridized carbons (Fsp3) is 0. The average molecular weight is 730 g/mol. The Balaban J connectivity index is 1.21. The second-order valence-corrected chi connectivity index (χ2v) is 15.5. The maximum absolute atomic E-state index is 2.52. The minimum atomic E-state index is 1.14. The molecule has 0 bridgehead atoms. The third kappa shape index (κ3) is 5.30. The molecule has 0 atom stereocenters. The van der Waals surface area contributed by atoms with Crippen molar-refractivity contribution in [1.29, 1.82) is 0 Å². The smallest absolute Gasteiger partial charge is 0.0555 e. The summed E-state index contributed by atoms with van der Waals surface area (Å²) in [6.45, 7) is 0. The molecule has 11 aromatic rings. The Labute approximate surface area is 330 Å². The molecule has 0 aliphatic carbocycles. The predicted molar refractivity (Wildman–Crippen MR) is 243 cm³/mol. The molecule has 0 aliphatic heterocycles. The highest BCUT2D eigenvalue weighted by Gasteiger charge is 2.24. The summed E-state index contributed by atoms with van der Waals surface area (Å²) >= 11 is 1.90. The lowest BCUT2D eigenvalue weighted by molar-refractivity contribution is 1.31. The van der Waals surface area contributed by atoms with Crippen LogP contribution in [0.25, 0.3) is 85.9 Å². The predicted octanol–water partition coefficient (Wildman–Crippen LogP) is 16.0. The van der Waals surface area contributed by atoms with Crippen molar-refractivity contribution in [3.63, 3.8) is 0 Å². The van der Waals surface area contributed by atoms with Gasteiger partial charge in [0.05, 0.1) is 17.1 Å². The second kappa shape index (κ2) is 13.4. The van der Waals surface area contributed by atoms with E-state index in [0.717, 1.165) is 17.1 Å². The normalized spacial score (nSPS) is 11.6. The third-order valence-corrected chi connectivity index (χ3v) is 12.5. The average Bonchev–Trinajstić information content (AvgIpc) is 3.66. The van der Waals surface area contributed by atoms with Gasteiger partial charge < -0.3 is 4.90 Å². The van der Waals surface area contributed by atoms with Gasteiger partial charge in [0.2, 0.25) is 0 Å². The van der Waals surface area contributed by atoms with E-state index in [0.29, 0.717) is 0 Å². The van der Waals surface area contributed by atoms with Crippen LogP contribution in [-0.4, -0.2) is 0 Å². The van der Waals surface area contributed by atoms with Gasteiger partial charge in [0.25, 0.3) is 0 Å². The summed E-state index contributed by atoms with van der Waals surface area (Å²) < 4.78 is 2.59. The molecule has 10 aromatic carbocycles. The molecule has 0 radical (unpaired) electrons. The summed E-state index contributed by atoms with van der Waals surface area (Å²) in [5.74, 6) is 0. The first-order chi connectivity index (χ1) is 27.8. The van der Waals surface area contributed by atoms with Crippen molar-refractivity contribution in [2.24, 2.45) is 0 Å². The highest BCUT2D eigenvalue weighted by Crippen LogP contribution is 2.51. The van der Waals surface area contributed by atoms with Crippen LogP contribution in [0.4, 0.5) is 17.1 Å². The first-order valence-corrected chi connectivity index (χ1v) is 20.0. The summed E-state index contributed by atoms with van der Waals surface area (Å²) in [5, 5.41) is 10.0. The molecule has 0 fully saturated rings. The number of rotatable bonds is 6. The van der Waals surface area contributed by atoms with Crippen LogP contribution >= 0.6 is 11.3 Å². The van der Waals surface area contributed by atoms with Crippen LogP contribution in [-0.2, 0) is 0 Å². The maximum Gasteiger partial charge on any atom is 0.0555 e. The lowest BCUT2D eigenvalue weighted by atomic mass is 9.92. The van der Waals surface area contributed by atoms with Gasteiger partial charge in [-0.3, -0.25) is 0 Å². The van der Waals surface area contributed by atoms with Crippen molar-refractivity contribution in [3.05, 3.63) is 212 Å². The molecule has 2 heteroatoms. The second-order valence-electron chi connectivity index (χ2n) is 14.4. The first-order valence-electron chi connectivity index (χ1n) is 19.2. The van der Waals surface area contributed by atoms with E-state index in [-0.39, 0.29) is 0 Å². The lowest BCUT2D eigenvalue weighted by Gasteiger charge is -2.30. The zero-order chi connectivity index (χ0) is 37.0. The van der Waals surface area contributed by atoms with E-state index in [1.807, 2.05) is 11.3 Å². The van der Waals surface area contributed by atoms with Crippen molar-refractivity contribution >= 4 is 80.9 Å². The Morgan fingerprint density at radius 2 is 0.839 bits per heavy atom. The van der Waals surface area contributed by atoms with Gasteiger partial charge in [-0.15, -0.1) is 11.3 Å². The van der Waals surface area contributed by atoms with Gasteiger partial charge in [0, 0.05) is 36.5 Å². The SMILES string of the molecule is c1ccc(-c2ccc(-c3ccccc3N(c3cccc4ccccc34)c3cccc4sc5c6ccccc6c(-c6cccc7ccccc67)cc5c34)cc2)cc1. The van der Waals surface area contributed by atoms with Gasteiger partial charge in [-0.25, -0.2) is 0 Å². The molecule has 0 saturated carbocycles. The fourth-order valence-corrected chi connectivity index (χ4v) is 9.92. The summed E-state index contributed by atoms with van der Waals surface area (Å²) in [6.07, 6.45) is 0. The van der Waals surface area contributed by atoms with Crippen molar-refractivity contribution < 1.29 is 0 Å². The Bertz CT molecular complexity index is 3240. The first kappa shape index (κ1) is 32.4. The quantitative estimate of drug-likeness (QED) is 0.165. The highest BCUT2D eigenvalue weighted by molar-refractivity contribution is 7.26. The molecule has 0 unspecified atom stereocenters. The van der Waals surface area contributed by atoms with Gasteiger partial charge in [-0.1, -0.05) is 182 Å². The molecule has 262 valence electrons. The van der Waals surface area contributed by atoms with Crippen LogP contribution < -0.4 is 4.90 Å². The monoisotopic (exact) mass is 729 g/mol. The van der Waals surface area contributed by atoms with Crippen LogP contribution in [0.1, 0.15) is 0 Å². The summed E-state index contributed by atoms with van der Waals surface area (Å²) in [4.78, 5) is 2.52. The van der Waals surface area contributed by atoms with Gasteiger partial charge >= 0.3 is 0 Å². The molecule has 0 spiro atoms. The van der Waals surface area contributed by atoms with E-state index in [9.17, 15) is 0 Å². The van der Waals surface area contributed by atoms with Crippen molar-refractivity contribution in [1.82, 2.24) is 0 Å². The number of thiophene rings is 1. The van der Waals surface area contributed by atoms with Gasteiger partial charge in [-0.05, 0) is 79.7 Å². The van der Waals surface area contributed by atoms with E-state index in [1.54, 1.807) is 0 Å². The number of para-hydroxylation sites is 1. The molecule has 0 saturated heterocycles. The molecular weight excluding hydrogens is 695 g/mol. The largest absolute Gasteiger partial charge is 0.309 e. The Kier molecular flexibility index (Phi) is 7.75. The summed E-state index contributed by atoms with van der Waals surface area (Å²) in [7, 11) is 0. The van der Waals surface area contributed by atoms with E-state index < -0.39 is 0 Å². The fourth-order valence-electron chi connectivity index (χ4n) is 8.68. The van der Waals surface area contributed by atoms with Crippen molar-refractivity contribution in [2.75, 3.05) is 4.90 Å². The third-order valence-electron chi connectivity index (χ3n) is 11.3. The highest BCUT2D eigenvalue weighted by atomic mass is 32.1. The number of anilines is 3. The zero-order valence-electron chi connectivity index (χ0n) is 30.6. The van der Waals surface area contributed by atoms with Gasteiger partial charge in [0.1, 0.15) is 0 Å². The summed E-state index contributed by atoms with van der Waals surface area (Å²) in [6, 6.07) is 77.7. The molecule has 11 rings (SSSR count). The van der Waals surface area contributed by atoms with Crippen LogP contribution in [0.5, 0.6) is 0 Å². The van der Waals surface area contributed by atoms with Crippen LogP contribution in [0.2, 0.25) is 0 Å².